The van der Waals surface area contributed by atoms with E-state index in [-0.39, 0.29) is 0 Å². The van der Waals surface area contributed by atoms with Gasteiger partial charge >= 0.3 is 0 Å². The Bertz CT molecular complexity index is 254. The molecule has 1 aliphatic rings. The second kappa shape index (κ2) is 3.85. The Morgan fingerprint density at radius 1 is 1.38 bits per heavy atom. The fourth-order valence-electron chi connectivity index (χ4n) is 1.59. The number of rotatable bonds is 3. The third kappa shape index (κ3) is 2.26. The predicted octanol–water partition coefficient (Wildman–Crippen LogP) is 0.661. The van der Waals surface area contributed by atoms with Gasteiger partial charge in [0.15, 0.2) is 0 Å². The van der Waals surface area contributed by atoms with Gasteiger partial charge in [-0.2, -0.15) is 0 Å². The standard InChI is InChI=1S/C10H15N3/c11-9-5-10(6-9)13-7-8-1-3-12-4-2-8/h1-4,9-10,13H,5-7,11H2. The van der Waals surface area contributed by atoms with Crippen LogP contribution in [-0.4, -0.2) is 17.1 Å². The van der Waals surface area contributed by atoms with Crippen LogP contribution in [0, 0.1) is 0 Å². The summed E-state index contributed by atoms with van der Waals surface area (Å²) in [7, 11) is 0. The van der Waals surface area contributed by atoms with Crippen molar-refractivity contribution in [1.29, 1.82) is 0 Å². The summed E-state index contributed by atoms with van der Waals surface area (Å²) in [5.41, 5.74) is 6.98. The molecule has 1 fully saturated rings. The van der Waals surface area contributed by atoms with Crippen LogP contribution in [0.4, 0.5) is 0 Å². The Morgan fingerprint density at radius 3 is 2.69 bits per heavy atom. The largest absolute Gasteiger partial charge is 0.328 e. The zero-order valence-electron chi connectivity index (χ0n) is 7.61. The SMILES string of the molecule is NC1CC(NCc2ccncc2)C1. The molecule has 0 spiro atoms. The number of nitrogens with two attached hydrogens (primary N) is 1. The van der Waals surface area contributed by atoms with E-state index in [2.05, 4.69) is 10.3 Å². The highest BCUT2D eigenvalue weighted by Gasteiger charge is 2.24. The van der Waals surface area contributed by atoms with Crippen molar-refractivity contribution in [2.45, 2.75) is 31.5 Å². The summed E-state index contributed by atoms with van der Waals surface area (Å²) in [5.74, 6) is 0. The fourth-order valence-corrected chi connectivity index (χ4v) is 1.59. The molecular weight excluding hydrogens is 162 g/mol. The first-order valence-electron chi connectivity index (χ1n) is 4.72. The van der Waals surface area contributed by atoms with Crippen LogP contribution in [0.2, 0.25) is 0 Å². The summed E-state index contributed by atoms with van der Waals surface area (Å²) in [6.07, 6.45) is 5.88. The lowest BCUT2D eigenvalue weighted by molar-refractivity contribution is 0.291. The Morgan fingerprint density at radius 2 is 2.08 bits per heavy atom. The van der Waals surface area contributed by atoms with Gasteiger partial charge in [-0.05, 0) is 30.5 Å². The van der Waals surface area contributed by atoms with Gasteiger partial charge in [0.2, 0.25) is 0 Å². The van der Waals surface area contributed by atoms with E-state index in [4.69, 9.17) is 5.73 Å². The molecule has 3 heteroatoms. The van der Waals surface area contributed by atoms with E-state index in [9.17, 15) is 0 Å². The number of aromatic nitrogens is 1. The van der Waals surface area contributed by atoms with E-state index in [0.717, 1.165) is 19.4 Å². The molecule has 0 aliphatic heterocycles. The highest BCUT2D eigenvalue weighted by Crippen LogP contribution is 2.17. The average Bonchev–Trinajstić information content (AvgIpc) is 2.12. The number of pyridine rings is 1. The van der Waals surface area contributed by atoms with Crippen molar-refractivity contribution in [2.24, 2.45) is 5.73 Å². The summed E-state index contributed by atoms with van der Waals surface area (Å²) >= 11 is 0. The Hall–Kier alpha value is -0.930. The van der Waals surface area contributed by atoms with E-state index in [1.807, 2.05) is 24.5 Å². The monoisotopic (exact) mass is 177 g/mol. The van der Waals surface area contributed by atoms with Crippen LogP contribution in [0.15, 0.2) is 24.5 Å². The maximum Gasteiger partial charge on any atom is 0.0271 e. The summed E-state index contributed by atoms with van der Waals surface area (Å²) in [4.78, 5) is 3.97. The number of hydrogen-bond donors (Lipinski definition) is 2. The molecule has 0 radical (unpaired) electrons. The van der Waals surface area contributed by atoms with E-state index >= 15 is 0 Å². The zero-order chi connectivity index (χ0) is 9.10. The molecule has 3 N–H and O–H groups in total. The first-order chi connectivity index (χ1) is 6.34. The summed E-state index contributed by atoms with van der Waals surface area (Å²) in [6.45, 7) is 0.930. The van der Waals surface area contributed by atoms with Crippen molar-refractivity contribution in [1.82, 2.24) is 10.3 Å². The lowest BCUT2D eigenvalue weighted by atomic mass is 9.87. The Balaban J connectivity index is 1.74. The van der Waals surface area contributed by atoms with Crippen molar-refractivity contribution in [3.63, 3.8) is 0 Å². The molecule has 70 valence electrons. The van der Waals surface area contributed by atoms with Crippen LogP contribution in [0.1, 0.15) is 18.4 Å². The van der Waals surface area contributed by atoms with E-state index in [1.54, 1.807) is 0 Å². The van der Waals surface area contributed by atoms with Gasteiger partial charge in [-0.3, -0.25) is 4.98 Å². The molecule has 0 aromatic carbocycles. The maximum absolute atomic E-state index is 5.69. The molecule has 0 unspecified atom stereocenters. The molecule has 1 aromatic rings. The predicted molar refractivity (Wildman–Crippen MR) is 52.1 cm³/mol. The first-order valence-corrected chi connectivity index (χ1v) is 4.72. The minimum Gasteiger partial charge on any atom is -0.328 e. The topological polar surface area (TPSA) is 50.9 Å². The van der Waals surface area contributed by atoms with Crippen molar-refractivity contribution < 1.29 is 0 Å². The summed E-state index contributed by atoms with van der Waals surface area (Å²) < 4.78 is 0. The van der Waals surface area contributed by atoms with Crippen LogP contribution in [-0.2, 0) is 6.54 Å². The minimum absolute atomic E-state index is 0.426. The molecule has 0 amide bonds. The minimum atomic E-state index is 0.426. The molecule has 3 nitrogen and oxygen atoms in total. The van der Waals surface area contributed by atoms with E-state index in [1.165, 1.54) is 5.56 Å². The van der Waals surface area contributed by atoms with E-state index < -0.39 is 0 Å². The molecule has 0 bridgehead atoms. The Kier molecular flexibility index (Phi) is 2.57. The van der Waals surface area contributed by atoms with Crippen LogP contribution < -0.4 is 11.1 Å². The van der Waals surface area contributed by atoms with Crippen LogP contribution >= 0.6 is 0 Å². The van der Waals surface area contributed by atoms with Crippen molar-refractivity contribution in [2.75, 3.05) is 0 Å². The van der Waals surface area contributed by atoms with Crippen molar-refractivity contribution in [3.05, 3.63) is 30.1 Å². The number of hydrogen-bond acceptors (Lipinski definition) is 3. The molecular formula is C10H15N3. The van der Waals surface area contributed by atoms with Gasteiger partial charge < -0.3 is 11.1 Å². The fraction of sp³-hybridized carbons (Fsp3) is 0.500. The first kappa shape index (κ1) is 8.66. The number of nitrogens with one attached hydrogen (secondary N) is 1. The van der Waals surface area contributed by atoms with Crippen LogP contribution in [0.3, 0.4) is 0 Å². The zero-order valence-corrected chi connectivity index (χ0v) is 7.61. The van der Waals surface area contributed by atoms with Gasteiger partial charge in [0.25, 0.3) is 0 Å². The molecule has 1 aromatic heterocycles. The van der Waals surface area contributed by atoms with Gasteiger partial charge in [0.05, 0.1) is 0 Å². The third-order valence-corrected chi connectivity index (χ3v) is 2.52. The average molecular weight is 177 g/mol. The van der Waals surface area contributed by atoms with E-state index in [0.29, 0.717) is 12.1 Å². The second-order valence-corrected chi connectivity index (χ2v) is 3.66. The highest BCUT2D eigenvalue weighted by atomic mass is 14.9. The molecule has 1 aliphatic carbocycles. The molecule has 0 saturated heterocycles. The van der Waals surface area contributed by atoms with Gasteiger partial charge in [-0.15, -0.1) is 0 Å². The summed E-state index contributed by atoms with van der Waals surface area (Å²) in [6, 6.07) is 5.12. The van der Waals surface area contributed by atoms with Crippen LogP contribution in [0.25, 0.3) is 0 Å². The molecule has 1 heterocycles. The smallest absolute Gasteiger partial charge is 0.0271 e. The van der Waals surface area contributed by atoms with Crippen molar-refractivity contribution in [3.8, 4) is 0 Å². The third-order valence-electron chi connectivity index (χ3n) is 2.52. The molecule has 0 atom stereocenters. The normalized spacial score (nSPS) is 26.8. The molecule has 13 heavy (non-hydrogen) atoms. The van der Waals surface area contributed by atoms with Gasteiger partial charge in [-0.1, -0.05) is 0 Å². The maximum atomic E-state index is 5.69. The van der Waals surface area contributed by atoms with Gasteiger partial charge in [-0.25, -0.2) is 0 Å². The van der Waals surface area contributed by atoms with Gasteiger partial charge in [0.1, 0.15) is 0 Å². The Labute approximate surface area is 78.4 Å². The molecule has 1 saturated carbocycles. The van der Waals surface area contributed by atoms with Crippen molar-refractivity contribution >= 4 is 0 Å². The molecule has 2 rings (SSSR count). The quantitative estimate of drug-likeness (QED) is 0.713. The van der Waals surface area contributed by atoms with Gasteiger partial charge in [0, 0.05) is 31.0 Å². The lowest BCUT2D eigenvalue weighted by Crippen LogP contribution is -2.48. The number of nitrogens with zero attached hydrogens (tertiary/aromatic N) is 1. The lowest BCUT2D eigenvalue weighted by Gasteiger charge is -2.33. The summed E-state index contributed by atoms with van der Waals surface area (Å²) in [5, 5.41) is 3.46. The highest BCUT2D eigenvalue weighted by molar-refractivity contribution is 5.09. The van der Waals surface area contributed by atoms with Crippen LogP contribution in [0.5, 0.6) is 0 Å². The second-order valence-electron chi connectivity index (χ2n) is 3.66.